The van der Waals surface area contributed by atoms with Gasteiger partial charge in [-0.05, 0) is 31.6 Å². The third-order valence-electron chi connectivity index (χ3n) is 2.43. The molecule has 0 aromatic heterocycles. The van der Waals surface area contributed by atoms with E-state index in [9.17, 15) is 9.59 Å². The van der Waals surface area contributed by atoms with Gasteiger partial charge in [-0.3, -0.25) is 4.79 Å². The highest BCUT2D eigenvalue weighted by molar-refractivity contribution is 5.66. The minimum atomic E-state index is -0.767. The number of carbonyl (C=O) groups excluding carboxylic acids is 1. The van der Waals surface area contributed by atoms with Crippen LogP contribution < -0.4 is 5.73 Å². The zero-order valence-electron chi connectivity index (χ0n) is 10.6. The van der Waals surface area contributed by atoms with Crippen molar-refractivity contribution in [3.8, 4) is 0 Å². The Labute approximate surface area is 102 Å². The lowest BCUT2D eigenvalue weighted by Crippen LogP contribution is -2.24. The van der Waals surface area contributed by atoms with Gasteiger partial charge in [0.1, 0.15) is 6.10 Å². The quantitative estimate of drug-likeness (QED) is 0.611. The lowest BCUT2D eigenvalue weighted by molar-refractivity contribution is -0.137. The number of hydrogen-bond donors (Lipinski definition) is 2. The predicted octanol–water partition coefficient (Wildman–Crippen LogP) is 2.53. The Morgan fingerprint density at radius 1 is 1.24 bits per heavy atom. The van der Waals surface area contributed by atoms with E-state index in [0.717, 1.165) is 25.7 Å². The Bertz CT molecular complexity index is 241. The summed E-state index contributed by atoms with van der Waals surface area (Å²) >= 11 is 0. The Morgan fingerprint density at radius 3 is 2.35 bits per heavy atom. The molecule has 0 spiro atoms. The van der Waals surface area contributed by atoms with Gasteiger partial charge in [0.05, 0.1) is 0 Å². The molecule has 17 heavy (non-hydrogen) atoms. The van der Waals surface area contributed by atoms with Gasteiger partial charge in [-0.25, -0.2) is 4.79 Å². The zero-order chi connectivity index (χ0) is 13.3. The molecule has 0 aliphatic carbocycles. The molecule has 3 N–H and O–H groups in total. The zero-order valence-corrected chi connectivity index (χ0v) is 10.6. The molecule has 1 unspecified atom stereocenters. The number of primary amides is 1. The first-order valence-electron chi connectivity index (χ1n) is 6.09. The maximum atomic E-state index is 10.7. The Balaban J connectivity index is 3.75. The second-order valence-corrected chi connectivity index (χ2v) is 4.68. The summed E-state index contributed by atoms with van der Waals surface area (Å²) in [5.41, 5.74) is 5.00. The van der Waals surface area contributed by atoms with Gasteiger partial charge in [0.25, 0.3) is 0 Å². The molecule has 100 valence electrons. The second kappa shape index (κ2) is 8.84. The number of hydrogen-bond acceptors (Lipinski definition) is 3. The molecule has 0 saturated heterocycles. The van der Waals surface area contributed by atoms with Gasteiger partial charge in [-0.2, -0.15) is 0 Å². The van der Waals surface area contributed by atoms with Gasteiger partial charge >= 0.3 is 12.1 Å². The smallest absolute Gasteiger partial charge is 0.404 e. The molecule has 0 bridgehead atoms. The molecule has 5 nitrogen and oxygen atoms in total. The first kappa shape index (κ1) is 15.7. The third-order valence-corrected chi connectivity index (χ3v) is 2.43. The number of carbonyl (C=O) groups is 2. The van der Waals surface area contributed by atoms with Crippen molar-refractivity contribution in [2.24, 2.45) is 11.7 Å². The first-order valence-corrected chi connectivity index (χ1v) is 6.09. The summed E-state index contributed by atoms with van der Waals surface area (Å²) in [5, 5.41) is 8.47. The molecule has 0 heterocycles. The fourth-order valence-electron chi connectivity index (χ4n) is 1.74. The van der Waals surface area contributed by atoms with Crippen LogP contribution in [0.25, 0.3) is 0 Å². The van der Waals surface area contributed by atoms with Crippen molar-refractivity contribution < 1.29 is 19.4 Å². The highest BCUT2D eigenvalue weighted by atomic mass is 16.6. The van der Waals surface area contributed by atoms with Crippen molar-refractivity contribution in [3.05, 3.63) is 0 Å². The molecule has 0 aromatic carbocycles. The van der Waals surface area contributed by atoms with Gasteiger partial charge in [-0.15, -0.1) is 0 Å². The number of nitrogens with two attached hydrogens (primary N) is 1. The Morgan fingerprint density at radius 2 is 1.88 bits per heavy atom. The third kappa shape index (κ3) is 11.0. The van der Waals surface area contributed by atoms with E-state index < -0.39 is 12.1 Å². The summed E-state index contributed by atoms with van der Waals surface area (Å²) in [6, 6.07) is 0. The molecule has 0 aromatic rings. The first-order chi connectivity index (χ1) is 7.91. The van der Waals surface area contributed by atoms with Crippen LogP contribution in [0, 0.1) is 5.92 Å². The van der Waals surface area contributed by atoms with E-state index in [1.54, 1.807) is 0 Å². The van der Waals surface area contributed by atoms with Crippen LogP contribution in [0.3, 0.4) is 0 Å². The van der Waals surface area contributed by atoms with E-state index in [1.807, 2.05) is 0 Å². The minimum absolute atomic E-state index is 0.141. The molecule has 0 saturated carbocycles. The van der Waals surface area contributed by atoms with E-state index in [0.29, 0.717) is 12.3 Å². The molecular weight excluding hydrogens is 222 g/mol. The van der Waals surface area contributed by atoms with Crippen molar-refractivity contribution in [3.63, 3.8) is 0 Å². The summed E-state index contributed by atoms with van der Waals surface area (Å²) in [6.45, 7) is 4.11. The summed E-state index contributed by atoms with van der Waals surface area (Å²) in [6.07, 6.45) is 3.23. The summed E-state index contributed by atoms with van der Waals surface area (Å²) in [7, 11) is 0. The molecule has 1 amide bonds. The maximum Gasteiger partial charge on any atom is 0.404 e. The highest BCUT2D eigenvalue weighted by Gasteiger charge is 2.14. The highest BCUT2D eigenvalue weighted by Crippen LogP contribution is 2.15. The van der Waals surface area contributed by atoms with Gasteiger partial charge in [0, 0.05) is 6.42 Å². The van der Waals surface area contributed by atoms with E-state index in [1.165, 1.54) is 0 Å². The van der Waals surface area contributed by atoms with Crippen molar-refractivity contribution in [2.75, 3.05) is 0 Å². The van der Waals surface area contributed by atoms with Crippen LogP contribution in [0.5, 0.6) is 0 Å². The SMILES string of the molecule is CC(C)CC(CCCCCC(=O)O)OC(N)=O. The monoisotopic (exact) mass is 245 g/mol. The Hall–Kier alpha value is -1.26. The molecule has 5 heteroatoms. The van der Waals surface area contributed by atoms with Crippen LogP contribution in [0.4, 0.5) is 4.79 Å². The summed E-state index contributed by atoms with van der Waals surface area (Å²) < 4.78 is 5.01. The van der Waals surface area contributed by atoms with E-state index in [2.05, 4.69) is 13.8 Å². The summed E-state index contributed by atoms with van der Waals surface area (Å²) in [4.78, 5) is 21.0. The lowest BCUT2D eigenvalue weighted by atomic mass is 10.0. The van der Waals surface area contributed by atoms with Crippen LogP contribution in [-0.2, 0) is 9.53 Å². The van der Waals surface area contributed by atoms with Crippen LogP contribution in [0.1, 0.15) is 52.4 Å². The maximum absolute atomic E-state index is 10.7. The van der Waals surface area contributed by atoms with E-state index in [4.69, 9.17) is 15.6 Å². The summed E-state index contributed by atoms with van der Waals surface area (Å²) in [5.74, 6) is -0.324. The fraction of sp³-hybridized carbons (Fsp3) is 0.833. The van der Waals surface area contributed by atoms with E-state index >= 15 is 0 Å². The largest absolute Gasteiger partial charge is 0.481 e. The number of carboxylic acid groups (broad SMARTS) is 1. The average molecular weight is 245 g/mol. The fourth-order valence-corrected chi connectivity index (χ4v) is 1.74. The van der Waals surface area contributed by atoms with Gasteiger partial charge in [0.15, 0.2) is 0 Å². The van der Waals surface area contributed by atoms with Crippen molar-refractivity contribution in [2.45, 2.75) is 58.5 Å². The number of aliphatic carboxylic acids is 1. The van der Waals surface area contributed by atoms with Gasteiger partial charge in [0.2, 0.25) is 0 Å². The number of rotatable bonds is 9. The standard InChI is InChI=1S/C12H23NO4/c1-9(2)8-10(17-12(13)16)6-4-3-5-7-11(14)15/h9-10H,3-8H2,1-2H3,(H2,13,16)(H,14,15). The average Bonchev–Trinajstić information content (AvgIpc) is 2.14. The molecule has 0 aliphatic rings. The topological polar surface area (TPSA) is 89.6 Å². The number of ether oxygens (including phenoxy) is 1. The van der Waals surface area contributed by atoms with Crippen molar-refractivity contribution in [1.82, 2.24) is 0 Å². The number of carboxylic acids is 1. The molecule has 0 radical (unpaired) electrons. The van der Waals surface area contributed by atoms with Crippen LogP contribution in [-0.4, -0.2) is 23.3 Å². The second-order valence-electron chi connectivity index (χ2n) is 4.68. The predicted molar refractivity (Wildman–Crippen MR) is 64.6 cm³/mol. The number of unbranched alkanes of at least 4 members (excludes halogenated alkanes) is 2. The van der Waals surface area contributed by atoms with Crippen LogP contribution in [0.2, 0.25) is 0 Å². The van der Waals surface area contributed by atoms with Gasteiger partial charge in [-0.1, -0.05) is 20.3 Å². The van der Waals surface area contributed by atoms with Crippen molar-refractivity contribution in [1.29, 1.82) is 0 Å². The van der Waals surface area contributed by atoms with Crippen LogP contribution in [0.15, 0.2) is 0 Å². The molecule has 0 fully saturated rings. The Kier molecular flexibility index (Phi) is 8.19. The normalized spacial score (nSPS) is 12.4. The number of amides is 1. The molecule has 0 rings (SSSR count). The van der Waals surface area contributed by atoms with E-state index in [-0.39, 0.29) is 12.5 Å². The minimum Gasteiger partial charge on any atom is -0.481 e. The van der Waals surface area contributed by atoms with Crippen LogP contribution >= 0.6 is 0 Å². The van der Waals surface area contributed by atoms with Gasteiger partial charge < -0.3 is 15.6 Å². The van der Waals surface area contributed by atoms with Crippen molar-refractivity contribution >= 4 is 12.1 Å². The molecule has 1 atom stereocenters. The molecular formula is C12H23NO4. The lowest BCUT2D eigenvalue weighted by Gasteiger charge is -2.18. The molecule has 0 aliphatic heterocycles.